The summed E-state index contributed by atoms with van der Waals surface area (Å²) in [5.74, 6) is 0.870. The van der Waals surface area contributed by atoms with E-state index in [2.05, 4.69) is 120 Å². The monoisotopic (exact) mass is 527 g/mol. The van der Waals surface area contributed by atoms with Gasteiger partial charge in [0.1, 0.15) is 5.75 Å². The molecule has 0 radical (unpaired) electrons. The fourth-order valence-electron chi connectivity index (χ4n) is 4.20. The molecule has 0 unspecified atom stereocenters. The Balaban J connectivity index is 0.000000617. The number of methoxy groups -OCH3 is 1. The number of halogens is 1. The summed E-state index contributed by atoms with van der Waals surface area (Å²) < 4.78 is 41.8. The Labute approximate surface area is 224 Å². The zero-order chi connectivity index (χ0) is 27.0. The largest absolute Gasteiger partial charge is 0.497 e. The van der Waals surface area contributed by atoms with Gasteiger partial charge in [0, 0.05) is 28.8 Å². The van der Waals surface area contributed by atoms with E-state index in [1.54, 1.807) is 7.11 Å². The van der Waals surface area contributed by atoms with Crippen molar-refractivity contribution in [2.75, 3.05) is 7.11 Å². The van der Waals surface area contributed by atoms with Crippen LogP contribution in [0.2, 0.25) is 0 Å². The SMILES string of the molecule is COc1ccc(C[n+]2c(-c3ccccc3)cc(-c3ccccc3)cc2-c2ccccc2)cc1.[O-][Cl+3]([O-])([O-])[O-]. The summed E-state index contributed by atoms with van der Waals surface area (Å²) in [7, 11) is -3.24. The van der Waals surface area contributed by atoms with Gasteiger partial charge >= 0.3 is 0 Å². The molecule has 0 fully saturated rings. The summed E-state index contributed by atoms with van der Waals surface area (Å²) in [6.45, 7) is 0.757. The van der Waals surface area contributed by atoms with Crippen molar-refractivity contribution in [1.82, 2.24) is 0 Å². The first-order valence-electron chi connectivity index (χ1n) is 11.8. The van der Waals surface area contributed by atoms with Crippen LogP contribution >= 0.6 is 0 Å². The van der Waals surface area contributed by atoms with Crippen LogP contribution in [0, 0.1) is 10.2 Å². The molecule has 38 heavy (non-hydrogen) atoms. The van der Waals surface area contributed by atoms with Crippen LogP contribution in [-0.2, 0) is 6.54 Å². The fourth-order valence-corrected chi connectivity index (χ4v) is 4.20. The maximum atomic E-state index is 8.49. The summed E-state index contributed by atoms with van der Waals surface area (Å²) in [4.78, 5) is 0. The van der Waals surface area contributed by atoms with Crippen LogP contribution in [0.25, 0.3) is 33.6 Å². The number of ether oxygens (including phenoxy) is 1. The minimum absolute atomic E-state index is 0.757. The molecule has 1 heterocycles. The molecule has 6 nitrogen and oxygen atoms in total. The maximum absolute atomic E-state index is 8.49. The van der Waals surface area contributed by atoms with E-state index in [-0.39, 0.29) is 0 Å². The molecule has 0 bridgehead atoms. The van der Waals surface area contributed by atoms with Gasteiger partial charge in [0.05, 0.1) is 7.11 Å². The van der Waals surface area contributed by atoms with E-state index in [0.717, 1.165) is 12.3 Å². The molecule has 192 valence electrons. The highest BCUT2D eigenvalue weighted by Crippen LogP contribution is 2.29. The van der Waals surface area contributed by atoms with Crippen molar-refractivity contribution < 1.29 is 38.2 Å². The van der Waals surface area contributed by atoms with Crippen molar-refractivity contribution in [2.45, 2.75) is 6.54 Å². The van der Waals surface area contributed by atoms with Crippen LogP contribution in [0.1, 0.15) is 5.56 Å². The van der Waals surface area contributed by atoms with Gasteiger partial charge < -0.3 is 4.74 Å². The van der Waals surface area contributed by atoms with Crippen LogP contribution in [-0.4, -0.2) is 7.11 Å². The van der Waals surface area contributed by atoms with Gasteiger partial charge in [0.25, 0.3) is 0 Å². The summed E-state index contributed by atoms with van der Waals surface area (Å²) in [6, 6.07) is 44.8. The van der Waals surface area contributed by atoms with E-state index in [1.807, 2.05) is 12.1 Å². The van der Waals surface area contributed by atoms with E-state index < -0.39 is 10.2 Å². The highest BCUT2D eigenvalue weighted by molar-refractivity contribution is 5.73. The molecule has 0 saturated carbocycles. The second-order valence-corrected chi connectivity index (χ2v) is 9.18. The van der Waals surface area contributed by atoms with Crippen LogP contribution in [0.3, 0.4) is 0 Å². The highest BCUT2D eigenvalue weighted by atomic mass is 35.7. The van der Waals surface area contributed by atoms with Gasteiger partial charge in [-0.15, -0.1) is 10.2 Å². The predicted molar refractivity (Wildman–Crippen MR) is 135 cm³/mol. The van der Waals surface area contributed by atoms with Crippen LogP contribution in [0.4, 0.5) is 0 Å². The molecule has 5 rings (SSSR count). The van der Waals surface area contributed by atoms with Gasteiger partial charge in [-0.2, -0.15) is 4.57 Å². The molecule has 0 amide bonds. The summed E-state index contributed by atoms with van der Waals surface area (Å²) >= 11 is 0. The van der Waals surface area contributed by atoms with Gasteiger partial charge in [0.15, 0.2) is 6.54 Å². The third-order valence-corrected chi connectivity index (χ3v) is 5.91. The van der Waals surface area contributed by atoms with Gasteiger partial charge in [0.2, 0.25) is 11.4 Å². The second-order valence-electron chi connectivity index (χ2n) is 8.42. The van der Waals surface area contributed by atoms with Crippen LogP contribution in [0.15, 0.2) is 127 Å². The maximum Gasteiger partial charge on any atom is 0.213 e. The third-order valence-electron chi connectivity index (χ3n) is 5.91. The van der Waals surface area contributed by atoms with Gasteiger partial charge in [-0.1, -0.05) is 66.7 Å². The predicted octanol–water partition coefficient (Wildman–Crippen LogP) is 2.28. The molecule has 0 aliphatic rings. The minimum Gasteiger partial charge on any atom is -0.497 e. The van der Waals surface area contributed by atoms with Gasteiger partial charge in [-0.05, 0) is 59.7 Å². The highest BCUT2D eigenvalue weighted by Gasteiger charge is 2.23. The number of aromatic nitrogens is 1. The third kappa shape index (κ3) is 7.49. The average molecular weight is 528 g/mol. The molecule has 0 atom stereocenters. The topological polar surface area (TPSA) is 105 Å². The second kappa shape index (κ2) is 12.5. The van der Waals surface area contributed by atoms with Crippen molar-refractivity contribution in [2.24, 2.45) is 0 Å². The zero-order valence-electron chi connectivity index (χ0n) is 20.7. The molecule has 0 aliphatic carbocycles. The number of hydrogen-bond donors (Lipinski definition) is 0. The molecule has 0 aliphatic heterocycles. The lowest BCUT2D eigenvalue weighted by Gasteiger charge is -2.17. The number of hydrogen-bond acceptors (Lipinski definition) is 5. The first kappa shape index (κ1) is 27.0. The molecule has 5 aromatic rings. The molecular weight excluding hydrogens is 502 g/mol. The zero-order valence-corrected chi connectivity index (χ0v) is 21.5. The number of nitrogens with zero attached hydrogens (tertiary/aromatic N) is 1. The first-order chi connectivity index (χ1) is 18.3. The van der Waals surface area contributed by atoms with E-state index in [1.165, 1.54) is 39.2 Å². The summed E-state index contributed by atoms with van der Waals surface area (Å²) in [6.07, 6.45) is 0. The van der Waals surface area contributed by atoms with Crippen molar-refractivity contribution in [3.63, 3.8) is 0 Å². The Morgan fingerprint density at radius 3 is 1.34 bits per heavy atom. The lowest BCUT2D eigenvalue weighted by atomic mass is 9.98. The van der Waals surface area contributed by atoms with Crippen LogP contribution < -0.4 is 27.9 Å². The molecule has 0 saturated heterocycles. The Morgan fingerprint density at radius 2 is 0.947 bits per heavy atom. The van der Waals surface area contributed by atoms with Crippen LogP contribution in [0.5, 0.6) is 5.75 Å². The van der Waals surface area contributed by atoms with Crippen molar-refractivity contribution in [3.05, 3.63) is 133 Å². The lowest BCUT2D eigenvalue weighted by Crippen LogP contribution is -2.68. The molecule has 7 heteroatoms. The first-order valence-corrected chi connectivity index (χ1v) is 13.0. The summed E-state index contributed by atoms with van der Waals surface area (Å²) in [5, 5.41) is 0. The Morgan fingerprint density at radius 1 is 0.553 bits per heavy atom. The average Bonchev–Trinajstić information content (AvgIpc) is 2.94. The molecule has 0 spiro atoms. The molecule has 0 N–H and O–H groups in total. The van der Waals surface area contributed by atoms with E-state index in [4.69, 9.17) is 23.4 Å². The Kier molecular flexibility index (Phi) is 8.86. The minimum atomic E-state index is -4.94. The van der Waals surface area contributed by atoms with Crippen molar-refractivity contribution in [1.29, 1.82) is 0 Å². The standard InChI is InChI=1S/C31H26NO.ClHO4/c1-33-29-19-17-24(18-20-29)23-32-30(26-13-7-3-8-14-26)21-28(25-11-5-2-6-12-25)22-31(32)27-15-9-4-10-16-27;2-1(3,4)5/h2-22H,23H2,1H3;(H,2,3,4,5)/q+1;/p-1. The lowest BCUT2D eigenvalue weighted by molar-refractivity contribution is -2.00. The van der Waals surface area contributed by atoms with E-state index in [9.17, 15) is 0 Å². The summed E-state index contributed by atoms with van der Waals surface area (Å²) in [5.41, 5.74) is 8.41. The fraction of sp³-hybridized carbons (Fsp3) is 0.0645. The van der Waals surface area contributed by atoms with E-state index in [0.29, 0.717) is 0 Å². The Bertz CT molecular complexity index is 1370. The molecule has 4 aromatic carbocycles. The number of benzene rings is 4. The molecular formula is C31H26ClNO5. The van der Waals surface area contributed by atoms with Gasteiger partial charge in [-0.3, -0.25) is 0 Å². The number of rotatable bonds is 6. The number of pyridine rings is 1. The smallest absolute Gasteiger partial charge is 0.213 e. The van der Waals surface area contributed by atoms with Gasteiger partial charge in [-0.25, -0.2) is 18.6 Å². The van der Waals surface area contributed by atoms with E-state index >= 15 is 0 Å². The van der Waals surface area contributed by atoms with Crippen molar-refractivity contribution in [3.8, 4) is 39.4 Å². The normalized spacial score (nSPS) is 10.9. The molecule has 1 aromatic heterocycles. The quantitative estimate of drug-likeness (QED) is 0.315. The Hall–Kier alpha value is -4.04. The van der Waals surface area contributed by atoms with Crippen molar-refractivity contribution >= 4 is 0 Å².